The van der Waals surface area contributed by atoms with Crippen molar-refractivity contribution in [3.63, 3.8) is 0 Å². The van der Waals surface area contributed by atoms with E-state index in [-0.39, 0.29) is 6.04 Å². The predicted octanol–water partition coefficient (Wildman–Crippen LogP) is 4.14. The molecular weight excluding hydrogens is 436 g/mol. The van der Waals surface area contributed by atoms with Crippen molar-refractivity contribution < 1.29 is 4.74 Å². The molecule has 1 aliphatic heterocycles. The Morgan fingerprint density at radius 1 is 0.886 bits per heavy atom. The molecule has 7 nitrogen and oxygen atoms in total. The summed E-state index contributed by atoms with van der Waals surface area (Å²) < 4.78 is 7.41. The van der Waals surface area contributed by atoms with Crippen molar-refractivity contribution >= 4 is 5.69 Å². The van der Waals surface area contributed by atoms with E-state index in [0.29, 0.717) is 0 Å². The van der Waals surface area contributed by atoms with E-state index in [0.717, 1.165) is 50.7 Å². The quantitative estimate of drug-likeness (QED) is 0.387. The summed E-state index contributed by atoms with van der Waals surface area (Å²) in [5.74, 6) is 1.79. The van der Waals surface area contributed by atoms with E-state index in [9.17, 15) is 0 Å². The second-order valence-corrected chi connectivity index (χ2v) is 9.03. The van der Waals surface area contributed by atoms with Crippen molar-refractivity contribution in [2.24, 2.45) is 0 Å². The van der Waals surface area contributed by atoms with Gasteiger partial charge in [-0.1, -0.05) is 66.2 Å². The molecule has 0 saturated carbocycles. The minimum absolute atomic E-state index is 0.00818. The topological polar surface area (TPSA) is 59.3 Å². The summed E-state index contributed by atoms with van der Waals surface area (Å²) in [4.78, 5) is 4.93. The molecule has 1 aromatic heterocycles. The number of hydrogen-bond donors (Lipinski definition) is 0. The molecule has 0 amide bonds. The summed E-state index contributed by atoms with van der Waals surface area (Å²) in [7, 11) is 1.71. The Kier molecular flexibility index (Phi) is 7.04. The van der Waals surface area contributed by atoms with Gasteiger partial charge in [-0.05, 0) is 47.0 Å². The van der Waals surface area contributed by atoms with Gasteiger partial charge in [-0.25, -0.2) is 4.68 Å². The molecule has 1 aliphatic rings. The lowest BCUT2D eigenvalue weighted by Gasteiger charge is -2.40. The van der Waals surface area contributed by atoms with Crippen LogP contribution in [0.2, 0.25) is 0 Å². The monoisotopic (exact) mass is 468 g/mol. The lowest BCUT2D eigenvalue weighted by molar-refractivity contribution is 0.200. The van der Waals surface area contributed by atoms with Gasteiger partial charge in [0.1, 0.15) is 5.75 Å². The largest absolute Gasteiger partial charge is 0.497 e. The minimum Gasteiger partial charge on any atom is -0.497 e. The number of piperazine rings is 1. The van der Waals surface area contributed by atoms with Gasteiger partial charge >= 0.3 is 0 Å². The summed E-state index contributed by atoms with van der Waals surface area (Å²) >= 11 is 0. The highest BCUT2D eigenvalue weighted by Gasteiger charge is 2.30. The lowest BCUT2D eigenvalue weighted by atomic mass is 10.0. The lowest BCUT2D eigenvalue weighted by Crippen LogP contribution is -2.48. The fourth-order valence-corrected chi connectivity index (χ4v) is 4.76. The van der Waals surface area contributed by atoms with E-state index in [2.05, 4.69) is 99.0 Å². The van der Waals surface area contributed by atoms with Crippen LogP contribution < -0.4 is 9.64 Å². The number of aryl methyl sites for hydroxylation is 3. The smallest absolute Gasteiger partial charge is 0.173 e. The molecule has 4 aromatic rings. The zero-order chi connectivity index (χ0) is 24.0. The van der Waals surface area contributed by atoms with Gasteiger partial charge < -0.3 is 9.64 Å². The number of tetrazole rings is 1. The first-order valence-corrected chi connectivity index (χ1v) is 12.2. The summed E-state index contributed by atoms with van der Waals surface area (Å²) in [6, 6.07) is 27.6. The molecule has 3 aromatic carbocycles. The van der Waals surface area contributed by atoms with E-state index in [4.69, 9.17) is 4.74 Å². The molecule has 0 radical (unpaired) electrons. The van der Waals surface area contributed by atoms with Crippen molar-refractivity contribution in [2.75, 3.05) is 38.2 Å². The average molecular weight is 469 g/mol. The van der Waals surface area contributed by atoms with Gasteiger partial charge in [-0.3, -0.25) is 4.90 Å². The summed E-state index contributed by atoms with van der Waals surface area (Å²) in [5, 5.41) is 13.0. The first-order chi connectivity index (χ1) is 17.2. The number of anilines is 1. The molecular formula is C28H32N6O. The zero-order valence-electron chi connectivity index (χ0n) is 20.4. The number of benzene rings is 3. The maximum atomic E-state index is 5.43. The maximum Gasteiger partial charge on any atom is 0.173 e. The van der Waals surface area contributed by atoms with E-state index in [1.165, 1.54) is 22.4 Å². The second kappa shape index (κ2) is 10.7. The number of methoxy groups -OCH3 is 1. The molecule has 0 unspecified atom stereocenters. The molecule has 180 valence electrons. The van der Waals surface area contributed by atoms with E-state index in [1.54, 1.807) is 7.11 Å². The average Bonchev–Trinajstić information content (AvgIpc) is 3.38. The second-order valence-electron chi connectivity index (χ2n) is 9.03. The van der Waals surface area contributed by atoms with Gasteiger partial charge in [-0.2, -0.15) is 0 Å². The molecule has 0 aliphatic carbocycles. The Balaban J connectivity index is 1.37. The van der Waals surface area contributed by atoms with Gasteiger partial charge in [0, 0.05) is 44.5 Å². The van der Waals surface area contributed by atoms with Crippen LogP contribution in [0.1, 0.15) is 28.6 Å². The van der Waals surface area contributed by atoms with Gasteiger partial charge in [0.2, 0.25) is 0 Å². The SMILES string of the molecule is COc1cccc(N2CCN([C@H](c3ccc(C)cc3)c3nnnn3CCc3ccccc3)CC2)c1. The highest BCUT2D eigenvalue weighted by atomic mass is 16.5. The molecule has 5 rings (SSSR count). The predicted molar refractivity (Wildman–Crippen MR) is 138 cm³/mol. The molecule has 1 atom stereocenters. The van der Waals surface area contributed by atoms with Gasteiger partial charge in [0.15, 0.2) is 5.82 Å². The summed E-state index contributed by atoms with van der Waals surface area (Å²) in [6.07, 6.45) is 0.892. The normalized spacial score (nSPS) is 15.2. The third-order valence-electron chi connectivity index (χ3n) is 6.75. The van der Waals surface area contributed by atoms with Crippen molar-refractivity contribution in [1.82, 2.24) is 25.1 Å². The van der Waals surface area contributed by atoms with Crippen LogP contribution in [-0.4, -0.2) is 58.4 Å². The number of aromatic nitrogens is 4. The van der Waals surface area contributed by atoms with Gasteiger partial charge in [0.05, 0.1) is 13.2 Å². The number of ether oxygens (including phenoxy) is 1. The Morgan fingerprint density at radius 3 is 2.40 bits per heavy atom. The first-order valence-electron chi connectivity index (χ1n) is 12.2. The van der Waals surface area contributed by atoms with Crippen LogP contribution in [0.15, 0.2) is 78.9 Å². The van der Waals surface area contributed by atoms with Crippen LogP contribution in [0, 0.1) is 6.92 Å². The molecule has 0 N–H and O–H groups in total. The Hall–Kier alpha value is -3.71. The Morgan fingerprint density at radius 2 is 1.66 bits per heavy atom. The summed E-state index contributed by atoms with van der Waals surface area (Å²) in [5.41, 5.74) is 4.96. The van der Waals surface area contributed by atoms with Crippen molar-refractivity contribution in [3.05, 3.63) is 101 Å². The van der Waals surface area contributed by atoms with Crippen LogP contribution in [0.4, 0.5) is 5.69 Å². The molecule has 0 spiro atoms. The van der Waals surface area contributed by atoms with Crippen molar-refractivity contribution in [2.45, 2.75) is 25.9 Å². The van der Waals surface area contributed by atoms with Crippen LogP contribution >= 0.6 is 0 Å². The van der Waals surface area contributed by atoms with Crippen LogP contribution in [-0.2, 0) is 13.0 Å². The highest BCUT2D eigenvalue weighted by molar-refractivity contribution is 5.51. The molecule has 2 heterocycles. The van der Waals surface area contributed by atoms with Gasteiger partial charge in [0.25, 0.3) is 0 Å². The molecule has 1 fully saturated rings. The molecule has 7 heteroatoms. The number of nitrogens with zero attached hydrogens (tertiary/aromatic N) is 6. The maximum absolute atomic E-state index is 5.43. The zero-order valence-corrected chi connectivity index (χ0v) is 20.4. The standard InChI is InChI=1S/C28H32N6O/c1-22-11-13-24(14-12-22)27(28-29-30-31-34(28)16-15-23-7-4-3-5-8-23)33-19-17-32(18-20-33)25-9-6-10-26(21-25)35-2/h3-14,21,27H,15-20H2,1-2H3/t27-/m1/s1. The highest BCUT2D eigenvalue weighted by Crippen LogP contribution is 2.30. The number of hydrogen-bond acceptors (Lipinski definition) is 6. The Labute approximate surface area is 206 Å². The van der Waals surface area contributed by atoms with Crippen molar-refractivity contribution in [1.29, 1.82) is 0 Å². The van der Waals surface area contributed by atoms with Crippen molar-refractivity contribution in [3.8, 4) is 5.75 Å². The summed E-state index contributed by atoms with van der Waals surface area (Å²) in [6.45, 7) is 6.57. The Bertz CT molecular complexity index is 1220. The van der Waals surface area contributed by atoms with E-state index < -0.39 is 0 Å². The number of rotatable bonds is 8. The van der Waals surface area contributed by atoms with E-state index >= 15 is 0 Å². The van der Waals surface area contributed by atoms with Crippen LogP contribution in [0.25, 0.3) is 0 Å². The van der Waals surface area contributed by atoms with Gasteiger partial charge in [-0.15, -0.1) is 5.10 Å². The molecule has 0 bridgehead atoms. The fourth-order valence-electron chi connectivity index (χ4n) is 4.76. The third kappa shape index (κ3) is 5.35. The third-order valence-corrected chi connectivity index (χ3v) is 6.75. The van der Waals surface area contributed by atoms with Crippen LogP contribution in [0.5, 0.6) is 5.75 Å². The fraction of sp³-hybridized carbons (Fsp3) is 0.321. The minimum atomic E-state index is 0.00818. The van der Waals surface area contributed by atoms with Crippen LogP contribution in [0.3, 0.4) is 0 Å². The molecule has 1 saturated heterocycles. The first kappa shape index (κ1) is 23.1. The molecule has 35 heavy (non-hydrogen) atoms. The van der Waals surface area contributed by atoms with E-state index in [1.807, 2.05) is 16.8 Å².